The van der Waals surface area contributed by atoms with E-state index in [0.717, 1.165) is 25.7 Å². The second kappa shape index (κ2) is 12.1. The van der Waals surface area contributed by atoms with Crippen LogP contribution in [0.15, 0.2) is 0 Å². The van der Waals surface area contributed by atoms with Gasteiger partial charge in [-0.1, -0.05) is 19.8 Å². The van der Waals surface area contributed by atoms with Gasteiger partial charge in [-0.05, 0) is 42.6 Å². The zero-order valence-corrected chi connectivity index (χ0v) is 15.5. The fourth-order valence-corrected chi connectivity index (χ4v) is 3.87. The van der Waals surface area contributed by atoms with Gasteiger partial charge in [0.2, 0.25) is 6.79 Å². The smallest absolute Gasteiger partial charge is 0.428 e. The topological polar surface area (TPSA) is 102 Å². The number of amides is 1. The highest BCUT2D eigenvalue weighted by Crippen LogP contribution is 2.36. The number of alkyl halides is 1. The summed E-state index contributed by atoms with van der Waals surface area (Å²) < 4.78 is 34.0. The SMILES string of the molecule is CCCC(=O)OCOC(=O)NC(F)CCC1CCCC(C[P+](=O)O)C1. The summed E-state index contributed by atoms with van der Waals surface area (Å²) >= 11 is 0. The first kappa shape index (κ1) is 21.8. The highest BCUT2D eigenvalue weighted by Gasteiger charge is 2.28. The number of halogens is 1. The lowest BCUT2D eigenvalue weighted by molar-refractivity contribution is -0.151. The Bertz CT molecular complexity index is 450. The number of hydrogen-bond donors (Lipinski definition) is 2. The predicted octanol–water partition coefficient (Wildman–Crippen LogP) is 3.63. The lowest BCUT2D eigenvalue weighted by atomic mass is 9.80. The van der Waals surface area contributed by atoms with Crippen LogP contribution in [0.25, 0.3) is 0 Å². The Hall–Kier alpha value is -1.27. The third-order valence-electron chi connectivity index (χ3n) is 4.27. The van der Waals surface area contributed by atoms with Gasteiger partial charge in [0.05, 0.1) is 0 Å². The lowest BCUT2D eigenvalue weighted by Crippen LogP contribution is -2.33. The molecule has 0 aliphatic heterocycles. The van der Waals surface area contributed by atoms with Gasteiger partial charge in [0.1, 0.15) is 0 Å². The molecule has 0 aromatic heterocycles. The molecule has 2 N–H and O–H groups in total. The van der Waals surface area contributed by atoms with Crippen LogP contribution in [0, 0.1) is 11.8 Å². The van der Waals surface area contributed by atoms with Crippen LogP contribution in [0.2, 0.25) is 0 Å². The molecule has 0 aromatic rings. The van der Waals surface area contributed by atoms with Crippen LogP contribution in [-0.2, 0) is 18.8 Å². The van der Waals surface area contributed by atoms with E-state index in [2.05, 4.69) is 14.8 Å². The molecule has 0 aromatic carbocycles. The Morgan fingerprint density at radius 1 is 1.32 bits per heavy atom. The molecule has 0 spiro atoms. The van der Waals surface area contributed by atoms with Gasteiger partial charge < -0.3 is 9.47 Å². The highest BCUT2D eigenvalue weighted by molar-refractivity contribution is 7.38. The summed E-state index contributed by atoms with van der Waals surface area (Å²) in [6.07, 6.45) is 3.18. The third-order valence-corrected chi connectivity index (χ3v) is 5.10. The monoisotopic (exact) mass is 380 g/mol. The molecule has 1 fully saturated rings. The lowest BCUT2D eigenvalue weighted by Gasteiger charge is -2.27. The van der Waals surface area contributed by atoms with Gasteiger partial charge in [0.15, 0.2) is 12.5 Å². The standard InChI is InChI=1S/C16H27FNO6P/c1-2-4-15(19)23-11-24-16(20)18-14(17)8-7-12-5-3-6-13(9-12)10-25(21)22/h12-14H,2-11H2,1H3,(H-,18,20,21,22)/p+1. The fourth-order valence-electron chi connectivity index (χ4n) is 3.10. The van der Waals surface area contributed by atoms with E-state index in [1.165, 1.54) is 0 Å². The van der Waals surface area contributed by atoms with Gasteiger partial charge in [-0.15, -0.1) is 0 Å². The molecule has 25 heavy (non-hydrogen) atoms. The molecule has 144 valence electrons. The van der Waals surface area contributed by atoms with Crippen LogP contribution in [0.1, 0.15) is 58.3 Å². The molecule has 1 saturated carbocycles. The van der Waals surface area contributed by atoms with Crippen LogP contribution in [0.4, 0.5) is 9.18 Å². The number of esters is 1. The van der Waals surface area contributed by atoms with Gasteiger partial charge in [-0.2, -0.15) is 4.89 Å². The number of hydrogen-bond acceptors (Lipinski definition) is 5. The zero-order chi connectivity index (χ0) is 18.7. The Morgan fingerprint density at radius 2 is 2.04 bits per heavy atom. The first-order valence-electron chi connectivity index (χ1n) is 8.77. The molecule has 1 aliphatic rings. The minimum absolute atomic E-state index is 0.160. The molecule has 0 heterocycles. The predicted molar refractivity (Wildman–Crippen MR) is 89.8 cm³/mol. The number of alkyl carbamates (subject to hydrolysis) is 1. The molecule has 0 saturated heterocycles. The van der Waals surface area contributed by atoms with Crippen LogP contribution in [-0.4, -0.2) is 36.2 Å². The van der Waals surface area contributed by atoms with Crippen molar-refractivity contribution in [2.75, 3.05) is 13.0 Å². The maximum atomic E-state index is 13.8. The minimum Gasteiger partial charge on any atom is -0.428 e. The van der Waals surface area contributed by atoms with E-state index in [1.54, 1.807) is 0 Å². The van der Waals surface area contributed by atoms with Crippen LogP contribution in [0.3, 0.4) is 0 Å². The van der Waals surface area contributed by atoms with Gasteiger partial charge >= 0.3 is 20.1 Å². The van der Waals surface area contributed by atoms with Crippen molar-refractivity contribution in [3.8, 4) is 0 Å². The maximum Gasteiger partial charge on any atom is 0.505 e. The summed E-state index contributed by atoms with van der Waals surface area (Å²) in [5, 5.41) is 2.06. The summed E-state index contributed by atoms with van der Waals surface area (Å²) in [5.74, 6) is 0.0597. The Labute approximate surface area is 148 Å². The average molecular weight is 380 g/mol. The van der Waals surface area contributed by atoms with Crippen molar-refractivity contribution < 1.29 is 32.9 Å². The third kappa shape index (κ3) is 10.3. The molecule has 1 rings (SSSR count). The van der Waals surface area contributed by atoms with E-state index >= 15 is 0 Å². The second-order valence-electron chi connectivity index (χ2n) is 6.44. The largest absolute Gasteiger partial charge is 0.505 e. The van der Waals surface area contributed by atoms with Crippen LogP contribution >= 0.6 is 8.03 Å². The molecule has 0 bridgehead atoms. The molecule has 4 unspecified atom stereocenters. The van der Waals surface area contributed by atoms with Crippen molar-refractivity contribution in [3.63, 3.8) is 0 Å². The summed E-state index contributed by atoms with van der Waals surface area (Å²) in [6.45, 7) is 1.29. The Morgan fingerprint density at radius 3 is 2.72 bits per heavy atom. The second-order valence-corrected chi connectivity index (χ2v) is 7.51. The Kier molecular flexibility index (Phi) is 10.6. The van der Waals surface area contributed by atoms with Gasteiger partial charge in [0.25, 0.3) is 0 Å². The van der Waals surface area contributed by atoms with E-state index < -0.39 is 33.2 Å². The summed E-state index contributed by atoms with van der Waals surface area (Å²) in [5.41, 5.74) is 0. The van der Waals surface area contributed by atoms with E-state index in [1.807, 2.05) is 6.92 Å². The van der Waals surface area contributed by atoms with E-state index in [-0.39, 0.29) is 18.8 Å². The first-order chi connectivity index (χ1) is 11.9. The number of rotatable bonds is 10. The van der Waals surface area contributed by atoms with E-state index in [9.17, 15) is 18.5 Å². The summed E-state index contributed by atoms with van der Waals surface area (Å²) in [7, 11) is -2.12. The summed E-state index contributed by atoms with van der Waals surface area (Å²) in [4.78, 5) is 31.5. The first-order valence-corrected chi connectivity index (χ1v) is 10.2. The molecule has 7 nitrogen and oxygen atoms in total. The van der Waals surface area contributed by atoms with Crippen molar-refractivity contribution in [2.45, 2.75) is 64.6 Å². The molecule has 0 radical (unpaired) electrons. The fraction of sp³-hybridized carbons (Fsp3) is 0.875. The molecule has 1 aliphatic carbocycles. The van der Waals surface area contributed by atoms with Crippen molar-refractivity contribution in [1.29, 1.82) is 0 Å². The molecular weight excluding hydrogens is 352 g/mol. The van der Waals surface area contributed by atoms with Gasteiger partial charge in [0, 0.05) is 12.3 Å². The molecule has 1 amide bonds. The van der Waals surface area contributed by atoms with Crippen molar-refractivity contribution in [2.24, 2.45) is 11.8 Å². The zero-order valence-electron chi connectivity index (χ0n) is 14.6. The van der Waals surface area contributed by atoms with Gasteiger partial charge in [-0.25, -0.2) is 9.18 Å². The maximum absolute atomic E-state index is 13.8. The van der Waals surface area contributed by atoms with Crippen molar-refractivity contribution in [1.82, 2.24) is 5.32 Å². The van der Waals surface area contributed by atoms with E-state index in [0.29, 0.717) is 24.9 Å². The normalized spacial score (nSPS) is 22.0. The van der Waals surface area contributed by atoms with Crippen LogP contribution < -0.4 is 5.32 Å². The number of ether oxygens (including phenoxy) is 2. The molecule has 4 atom stereocenters. The van der Waals surface area contributed by atoms with Gasteiger partial charge in [-0.3, -0.25) is 10.1 Å². The van der Waals surface area contributed by atoms with E-state index in [4.69, 9.17) is 4.89 Å². The molecule has 9 heteroatoms. The summed E-state index contributed by atoms with van der Waals surface area (Å²) in [6, 6.07) is 0. The van der Waals surface area contributed by atoms with Crippen molar-refractivity contribution >= 4 is 20.1 Å². The minimum atomic E-state index is -2.12. The average Bonchev–Trinajstić information content (AvgIpc) is 2.53. The quantitative estimate of drug-likeness (QED) is 0.260. The number of carbonyl (C=O) groups excluding carboxylic acids is 2. The highest BCUT2D eigenvalue weighted by atomic mass is 31.1. The molecular formula is C16H28FNO6P+. The van der Waals surface area contributed by atoms with Crippen molar-refractivity contribution in [3.05, 3.63) is 0 Å². The number of nitrogens with one attached hydrogen (secondary N) is 1. The number of carbonyl (C=O) groups is 2. The van der Waals surface area contributed by atoms with Crippen LogP contribution in [0.5, 0.6) is 0 Å². The Balaban J connectivity index is 2.16.